The van der Waals surface area contributed by atoms with Gasteiger partial charge in [0.25, 0.3) is 0 Å². The zero-order valence-corrected chi connectivity index (χ0v) is 8.52. The summed E-state index contributed by atoms with van der Waals surface area (Å²) < 4.78 is 22.1. The third kappa shape index (κ3) is 2.03. The summed E-state index contributed by atoms with van der Waals surface area (Å²) in [6.07, 6.45) is 3.01. The fourth-order valence-corrected chi connectivity index (χ4v) is 3.83. The Morgan fingerprint density at radius 2 is 1.62 bits per heavy atom. The van der Waals surface area contributed by atoms with Gasteiger partial charge in [-0.2, -0.15) is 0 Å². The molecule has 0 aromatic carbocycles. The van der Waals surface area contributed by atoms with Gasteiger partial charge in [-0.3, -0.25) is 0 Å². The van der Waals surface area contributed by atoms with Gasteiger partial charge in [0.2, 0.25) is 10.0 Å². The van der Waals surface area contributed by atoms with Crippen molar-refractivity contribution >= 4 is 10.0 Å². The summed E-state index contributed by atoms with van der Waals surface area (Å²) in [5, 5.41) is 5.10. The van der Waals surface area contributed by atoms with Crippen LogP contribution < -0.4 is 5.14 Å². The van der Waals surface area contributed by atoms with Gasteiger partial charge >= 0.3 is 0 Å². The highest BCUT2D eigenvalue weighted by Crippen LogP contribution is 2.40. The molecule has 0 aromatic rings. The van der Waals surface area contributed by atoms with Gasteiger partial charge in [0.05, 0.1) is 5.75 Å². The number of nitrogens with zero attached hydrogens (tertiary/aromatic N) is 1. The Labute approximate surface area is 79.1 Å². The van der Waals surface area contributed by atoms with Gasteiger partial charge in [0, 0.05) is 0 Å². The van der Waals surface area contributed by atoms with Crippen molar-refractivity contribution < 1.29 is 8.42 Å². The molecule has 0 aromatic heterocycles. The summed E-state index contributed by atoms with van der Waals surface area (Å²) in [6, 6.07) is 0. The molecule has 4 nitrogen and oxygen atoms in total. The van der Waals surface area contributed by atoms with E-state index < -0.39 is 10.0 Å². The molecule has 0 spiro atoms. The molecule has 2 N–H and O–H groups in total. The minimum absolute atomic E-state index is 0.0162. The Balaban J connectivity index is 2.11. The van der Waals surface area contributed by atoms with E-state index in [0.29, 0.717) is 0 Å². The lowest BCUT2D eigenvalue weighted by Gasteiger charge is -2.47. The molecule has 76 valence electrons. The molecule has 0 saturated carbocycles. The third-order valence-electron chi connectivity index (χ3n) is 3.38. The van der Waals surface area contributed by atoms with Gasteiger partial charge in [-0.05, 0) is 44.3 Å². The van der Waals surface area contributed by atoms with Crippen molar-refractivity contribution in [2.45, 2.75) is 19.3 Å². The van der Waals surface area contributed by atoms with Crippen molar-refractivity contribution in [2.75, 3.05) is 25.4 Å². The number of fused-ring (bicyclic) bond motifs is 3. The van der Waals surface area contributed by atoms with E-state index in [4.69, 9.17) is 5.14 Å². The van der Waals surface area contributed by atoms with Crippen LogP contribution in [0.25, 0.3) is 0 Å². The van der Waals surface area contributed by atoms with Gasteiger partial charge in [-0.15, -0.1) is 0 Å². The van der Waals surface area contributed by atoms with Crippen LogP contribution in [-0.4, -0.2) is 38.7 Å². The molecule has 3 saturated heterocycles. The number of hydrogen-bond donors (Lipinski definition) is 1. The van der Waals surface area contributed by atoms with Gasteiger partial charge in [0.15, 0.2) is 0 Å². The molecule has 0 amide bonds. The largest absolute Gasteiger partial charge is 0.303 e. The van der Waals surface area contributed by atoms with E-state index in [1.165, 1.54) is 0 Å². The second-order valence-electron chi connectivity index (χ2n) is 4.40. The first kappa shape index (κ1) is 9.43. The highest BCUT2D eigenvalue weighted by atomic mass is 32.2. The maximum Gasteiger partial charge on any atom is 0.209 e. The first-order chi connectivity index (χ1) is 5.99. The van der Waals surface area contributed by atoms with Crippen LogP contribution in [0.3, 0.4) is 0 Å². The maximum absolute atomic E-state index is 11.0. The molecule has 3 rings (SSSR count). The van der Waals surface area contributed by atoms with Gasteiger partial charge in [-0.1, -0.05) is 0 Å². The second kappa shape index (κ2) is 2.93. The summed E-state index contributed by atoms with van der Waals surface area (Å²) in [6.45, 7) is 3.15. The lowest BCUT2D eigenvalue weighted by Crippen LogP contribution is -2.51. The fraction of sp³-hybridized carbons (Fsp3) is 1.00. The minimum Gasteiger partial charge on any atom is -0.303 e. The summed E-state index contributed by atoms with van der Waals surface area (Å²) in [5.74, 6) is 0.188. The number of nitrogens with two attached hydrogens (primary N) is 1. The Morgan fingerprint density at radius 3 is 2.00 bits per heavy atom. The molecule has 13 heavy (non-hydrogen) atoms. The molecule has 3 fully saturated rings. The van der Waals surface area contributed by atoms with E-state index in [-0.39, 0.29) is 11.2 Å². The predicted molar refractivity (Wildman–Crippen MR) is 50.7 cm³/mol. The zero-order chi connectivity index (χ0) is 9.53. The van der Waals surface area contributed by atoms with Crippen molar-refractivity contribution in [1.82, 2.24) is 4.90 Å². The Bertz CT molecular complexity index is 277. The van der Waals surface area contributed by atoms with E-state index >= 15 is 0 Å². The Kier molecular flexibility index (Phi) is 2.13. The van der Waals surface area contributed by atoms with E-state index in [9.17, 15) is 8.42 Å². The van der Waals surface area contributed by atoms with Crippen LogP contribution >= 0.6 is 0 Å². The number of sulfonamides is 1. The summed E-state index contributed by atoms with van der Waals surface area (Å²) in [7, 11) is -3.29. The topological polar surface area (TPSA) is 63.4 Å². The quantitative estimate of drug-likeness (QED) is 0.675. The zero-order valence-electron chi connectivity index (χ0n) is 7.70. The molecular weight excluding hydrogens is 188 g/mol. The third-order valence-corrected chi connectivity index (χ3v) is 4.40. The molecule has 0 atom stereocenters. The van der Waals surface area contributed by atoms with Crippen LogP contribution in [0.2, 0.25) is 0 Å². The van der Waals surface area contributed by atoms with Gasteiger partial charge in [0.1, 0.15) is 0 Å². The van der Waals surface area contributed by atoms with Crippen molar-refractivity contribution in [1.29, 1.82) is 0 Å². The first-order valence-electron chi connectivity index (χ1n) is 4.72. The number of rotatable bonds is 2. The van der Waals surface area contributed by atoms with Crippen LogP contribution in [0.1, 0.15) is 19.3 Å². The van der Waals surface area contributed by atoms with Crippen LogP contribution in [0, 0.1) is 5.41 Å². The molecule has 3 heterocycles. The lowest BCUT2D eigenvalue weighted by atomic mass is 9.74. The molecule has 2 bridgehead atoms. The van der Waals surface area contributed by atoms with Crippen molar-refractivity contribution in [3.05, 3.63) is 0 Å². The summed E-state index contributed by atoms with van der Waals surface area (Å²) in [5.41, 5.74) is 0.0162. The number of hydrogen-bond acceptors (Lipinski definition) is 3. The predicted octanol–water partition coefficient (Wildman–Crippen LogP) is -0.239. The minimum atomic E-state index is -3.29. The van der Waals surface area contributed by atoms with Crippen LogP contribution in [0.15, 0.2) is 0 Å². The molecule has 3 aliphatic heterocycles. The normalized spacial score (nSPS) is 39.3. The van der Waals surface area contributed by atoms with E-state index in [1.54, 1.807) is 0 Å². The van der Waals surface area contributed by atoms with Gasteiger partial charge < -0.3 is 4.90 Å². The van der Waals surface area contributed by atoms with Crippen molar-refractivity contribution in [2.24, 2.45) is 10.6 Å². The highest BCUT2D eigenvalue weighted by molar-refractivity contribution is 7.89. The average molecular weight is 204 g/mol. The summed E-state index contributed by atoms with van der Waals surface area (Å²) >= 11 is 0. The standard InChI is InChI=1S/C8H16N2O2S/c9-13(11,12)7-8-1-4-10(5-2-8)6-3-8/h1-7H2,(H2,9,11,12). The average Bonchev–Trinajstić information content (AvgIpc) is 2.03. The van der Waals surface area contributed by atoms with E-state index in [0.717, 1.165) is 38.9 Å². The maximum atomic E-state index is 11.0. The molecule has 3 aliphatic rings. The molecule has 0 unspecified atom stereocenters. The van der Waals surface area contributed by atoms with E-state index in [2.05, 4.69) is 4.90 Å². The van der Waals surface area contributed by atoms with Crippen molar-refractivity contribution in [3.8, 4) is 0 Å². The SMILES string of the molecule is NS(=O)(=O)CC12CCN(CC1)CC2. The molecular formula is C8H16N2O2S. The second-order valence-corrected chi connectivity index (χ2v) is 6.01. The van der Waals surface area contributed by atoms with Crippen LogP contribution in [0.4, 0.5) is 0 Å². The Hall–Kier alpha value is -0.130. The molecule has 0 aliphatic carbocycles. The number of piperidine rings is 3. The van der Waals surface area contributed by atoms with Crippen LogP contribution in [-0.2, 0) is 10.0 Å². The number of primary sulfonamides is 1. The van der Waals surface area contributed by atoms with Crippen molar-refractivity contribution in [3.63, 3.8) is 0 Å². The monoisotopic (exact) mass is 204 g/mol. The fourth-order valence-electron chi connectivity index (χ4n) is 2.54. The smallest absolute Gasteiger partial charge is 0.209 e. The first-order valence-corrected chi connectivity index (χ1v) is 6.44. The molecule has 5 heteroatoms. The molecule has 0 radical (unpaired) electrons. The van der Waals surface area contributed by atoms with Crippen LogP contribution in [0.5, 0.6) is 0 Å². The highest BCUT2D eigenvalue weighted by Gasteiger charge is 2.41. The van der Waals surface area contributed by atoms with E-state index in [1.807, 2.05) is 0 Å². The summed E-state index contributed by atoms with van der Waals surface area (Å²) in [4.78, 5) is 2.39. The Morgan fingerprint density at radius 1 is 1.15 bits per heavy atom. The lowest BCUT2D eigenvalue weighted by molar-refractivity contribution is 0.0428. The van der Waals surface area contributed by atoms with Gasteiger partial charge in [-0.25, -0.2) is 13.6 Å².